The van der Waals surface area contributed by atoms with E-state index in [-0.39, 0.29) is 11.9 Å². The zero-order chi connectivity index (χ0) is 16.1. The minimum absolute atomic E-state index is 0.00764. The largest absolute Gasteiger partial charge is 0.313 e. The molecule has 1 aromatic carbocycles. The molecule has 3 rings (SSSR count). The Morgan fingerprint density at radius 2 is 2.26 bits per heavy atom. The predicted octanol–water partition coefficient (Wildman–Crippen LogP) is 2.73. The maximum atomic E-state index is 12.2. The first-order chi connectivity index (χ1) is 11.2. The minimum atomic E-state index is 0.00764. The Bertz CT molecular complexity index is 652. The van der Waals surface area contributed by atoms with Gasteiger partial charge in [0.25, 0.3) is 0 Å². The number of imidazole rings is 1. The summed E-state index contributed by atoms with van der Waals surface area (Å²) in [6.45, 7) is 1.65. The second-order valence-electron chi connectivity index (χ2n) is 5.48. The maximum absolute atomic E-state index is 12.2. The van der Waals surface area contributed by atoms with E-state index < -0.39 is 0 Å². The molecule has 2 heterocycles. The highest BCUT2D eigenvalue weighted by Crippen LogP contribution is 2.15. The smallest absolute Gasteiger partial charge is 0.228 e. The average molecular weight is 395 g/mol. The van der Waals surface area contributed by atoms with Crippen LogP contribution in [0.3, 0.4) is 0 Å². The molecule has 0 spiro atoms. The second-order valence-corrected chi connectivity index (χ2v) is 7.55. The number of hydrogen-bond acceptors (Lipinski definition) is 4. The molecule has 1 aliphatic rings. The lowest BCUT2D eigenvalue weighted by molar-refractivity contribution is -0.116. The molecule has 1 aliphatic heterocycles. The molecule has 1 amide bonds. The van der Waals surface area contributed by atoms with E-state index in [2.05, 4.69) is 43.7 Å². The van der Waals surface area contributed by atoms with Gasteiger partial charge in [-0.15, -0.1) is 0 Å². The van der Waals surface area contributed by atoms with Gasteiger partial charge >= 0.3 is 0 Å². The van der Waals surface area contributed by atoms with Crippen molar-refractivity contribution in [2.75, 3.05) is 23.4 Å². The summed E-state index contributed by atoms with van der Waals surface area (Å²) >= 11 is 5.33. The Hall–Kier alpha value is -1.31. The molecule has 0 aliphatic carbocycles. The number of aromatic nitrogens is 2. The third kappa shape index (κ3) is 4.83. The number of amides is 1. The van der Waals surface area contributed by atoms with Gasteiger partial charge in [-0.1, -0.05) is 28.1 Å². The molecule has 2 N–H and O–H groups in total. The van der Waals surface area contributed by atoms with Crippen LogP contribution >= 0.6 is 27.7 Å². The Balaban J connectivity index is 1.59. The molecule has 0 bridgehead atoms. The number of thioether (sulfide) groups is 1. The fourth-order valence-electron chi connectivity index (χ4n) is 2.50. The minimum Gasteiger partial charge on any atom is -0.313 e. The zero-order valence-corrected chi connectivity index (χ0v) is 15.1. The van der Waals surface area contributed by atoms with Gasteiger partial charge < -0.3 is 9.88 Å². The molecular weight excluding hydrogens is 376 g/mol. The molecule has 0 saturated carbocycles. The van der Waals surface area contributed by atoms with Crippen LogP contribution in [0.25, 0.3) is 0 Å². The maximum Gasteiger partial charge on any atom is 0.228 e. The van der Waals surface area contributed by atoms with E-state index in [1.54, 1.807) is 6.20 Å². The average Bonchev–Trinajstić information content (AvgIpc) is 2.97. The van der Waals surface area contributed by atoms with Gasteiger partial charge in [0.05, 0.1) is 6.54 Å². The number of hydrogen-bond donors (Lipinski definition) is 2. The van der Waals surface area contributed by atoms with Gasteiger partial charge in [0.15, 0.2) is 0 Å². The Morgan fingerprint density at radius 1 is 1.43 bits per heavy atom. The van der Waals surface area contributed by atoms with E-state index in [9.17, 15) is 4.79 Å². The summed E-state index contributed by atoms with van der Waals surface area (Å²) in [4.78, 5) is 16.5. The fourth-order valence-corrected chi connectivity index (χ4v) is 3.71. The van der Waals surface area contributed by atoms with Crippen LogP contribution in [0, 0.1) is 0 Å². The summed E-state index contributed by atoms with van der Waals surface area (Å²) < 4.78 is 3.00. The summed E-state index contributed by atoms with van der Waals surface area (Å²) in [7, 11) is 0. The number of benzene rings is 1. The molecule has 1 saturated heterocycles. The number of halogens is 1. The molecule has 2 aromatic rings. The molecule has 1 fully saturated rings. The molecule has 7 heteroatoms. The van der Waals surface area contributed by atoms with Crippen molar-refractivity contribution in [2.24, 2.45) is 0 Å². The highest BCUT2D eigenvalue weighted by atomic mass is 79.9. The molecule has 5 nitrogen and oxygen atoms in total. The van der Waals surface area contributed by atoms with Crippen LogP contribution in [0.4, 0.5) is 5.95 Å². The SMILES string of the molecule is O=C(CC1CSCCN1)Nc1nccn1Cc1ccc(Br)cc1. The fraction of sp³-hybridized carbons (Fsp3) is 0.375. The third-order valence-electron chi connectivity index (χ3n) is 3.66. The van der Waals surface area contributed by atoms with Crippen LogP contribution in [0.2, 0.25) is 0 Å². The lowest BCUT2D eigenvalue weighted by Crippen LogP contribution is -2.40. The van der Waals surface area contributed by atoms with E-state index >= 15 is 0 Å². The van der Waals surface area contributed by atoms with Crippen LogP contribution in [0.5, 0.6) is 0 Å². The van der Waals surface area contributed by atoms with Crippen molar-refractivity contribution in [1.82, 2.24) is 14.9 Å². The first-order valence-corrected chi connectivity index (χ1v) is 9.52. The number of nitrogens with zero attached hydrogens (tertiary/aromatic N) is 2. The van der Waals surface area contributed by atoms with Crippen LogP contribution < -0.4 is 10.6 Å². The standard InChI is InChI=1S/C16H19BrN4OS/c17-13-3-1-12(2-4-13)10-21-7-5-19-16(21)20-15(22)9-14-11-23-8-6-18-14/h1-5,7,14,18H,6,8-11H2,(H,19,20,22). The summed E-state index contributed by atoms with van der Waals surface area (Å²) in [5, 5.41) is 6.30. The number of anilines is 1. The van der Waals surface area contributed by atoms with Gasteiger partial charge in [-0.2, -0.15) is 11.8 Å². The summed E-state index contributed by atoms with van der Waals surface area (Å²) in [5.74, 6) is 2.71. The molecule has 1 aromatic heterocycles. The van der Waals surface area contributed by atoms with E-state index in [4.69, 9.17) is 0 Å². The van der Waals surface area contributed by atoms with E-state index in [0.717, 1.165) is 28.1 Å². The first kappa shape index (κ1) is 16.5. The number of rotatable bonds is 5. The van der Waals surface area contributed by atoms with Gasteiger partial charge in [-0.3, -0.25) is 10.1 Å². The van der Waals surface area contributed by atoms with Crippen LogP contribution in [-0.2, 0) is 11.3 Å². The van der Waals surface area contributed by atoms with Crippen molar-refractivity contribution >= 4 is 39.5 Å². The van der Waals surface area contributed by atoms with Crippen molar-refractivity contribution in [2.45, 2.75) is 19.0 Å². The Kier molecular flexibility index (Phi) is 5.75. The van der Waals surface area contributed by atoms with Crippen molar-refractivity contribution in [3.05, 3.63) is 46.7 Å². The normalized spacial score (nSPS) is 17.9. The Labute approximate surface area is 148 Å². The monoisotopic (exact) mass is 394 g/mol. The van der Waals surface area contributed by atoms with Gasteiger partial charge in [0.2, 0.25) is 11.9 Å². The lowest BCUT2D eigenvalue weighted by atomic mass is 10.2. The number of nitrogens with one attached hydrogen (secondary N) is 2. The molecule has 0 radical (unpaired) electrons. The van der Waals surface area contributed by atoms with E-state index in [1.807, 2.05) is 34.7 Å². The van der Waals surface area contributed by atoms with Gasteiger partial charge in [-0.05, 0) is 17.7 Å². The number of carbonyl (C=O) groups is 1. The third-order valence-corrected chi connectivity index (χ3v) is 5.32. The van der Waals surface area contributed by atoms with Crippen LogP contribution in [0.1, 0.15) is 12.0 Å². The van der Waals surface area contributed by atoms with Gasteiger partial charge in [-0.25, -0.2) is 4.98 Å². The van der Waals surface area contributed by atoms with Gasteiger partial charge in [0, 0.05) is 47.4 Å². The first-order valence-electron chi connectivity index (χ1n) is 7.57. The summed E-state index contributed by atoms with van der Waals surface area (Å²) in [6, 6.07) is 8.38. The highest BCUT2D eigenvalue weighted by molar-refractivity contribution is 9.10. The predicted molar refractivity (Wildman–Crippen MR) is 97.8 cm³/mol. The van der Waals surface area contributed by atoms with Crippen molar-refractivity contribution in [1.29, 1.82) is 0 Å². The van der Waals surface area contributed by atoms with Gasteiger partial charge in [0.1, 0.15) is 0 Å². The second kappa shape index (κ2) is 7.99. The van der Waals surface area contributed by atoms with Crippen LogP contribution in [-0.4, -0.2) is 39.6 Å². The summed E-state index contributed by atoms with van der Waals surface area (Å²) in [5.41, 5.74) is 1.16. The summed E-state index contributed by atoms with van der Waals surface area (Å²) in [6.07, 6.45) is 4.08. The molecule has 1 unspecified atom stereocenters. The molecule has 122 valence electrons. The topological polar surface area (TPSA) is 59.0 Å². The lowest BCUT2D eigenvalue weighted by Gasteiger charge is -2.22. The highest BCUT2D eigenvalue weighted by Gasteiger charge is 2.17. The van der Waals surface area contributed by atoms with Crippen LogP contribution in [0.15, 0.2) is 41.1 Å². The Morgan fingerprint density at radius 3 is 3.00 bits per heavy atom. The number of carbonyl (C=O) groups excluding carboxylic acids is 1. The van der Waals surface area contributed by atoms with Crippen molar-refractivity contribution in [3.63, 3.8) is 0 Å². The molecular formula is C16H19BrN4OS. The van der Waals surface area contributed by atoms with E-state index in [1.165, 1.54) is 0 Å². The molecule has 1 atom stereocenters. The molecule has 23 heavy (non-hydrogen) atoms. The van der Waals surface area contributed by atoms with Crippen molar-refractivity contribution in [3.8, 4) is 0 Å². The quantitative estimate of drug-likeness (QED) is 0.818. The zero-order valence-electron chi connectivity index (χ0n) is 12.7. The van der Waals surface area contributed by atoms with E-state index in [0.29, 0.717) is 18.9 Å². The van der Waals surface area contributed by atoms with Crippen molar-refractivity contribution < 1.29 is 4.79 Å².